The van der Waals surface area contributed by atoms with Crippen molar-refractivity contribution in [1.82, 2.24) is 15.4 Å². The average Bonchev–Trinajstić information content (AvgIpc) is 3.23. The molecule has 0 radical (unpaired) electrons. The van der Waals surface area contributed by atoms with Gasteiger partial charge in [-0.05, 0) is 56.3 Å². The quantitative estimate of drug-likeness (QED) is 0.535. The molecule has 2 N–H and O–H groups in total. The largest absolute Gasteiger partial charge is 0.494 e. The maximum Gasteiger partial charge on any atom is 0.305 e. The average molecular weight is 425 g/mol. The van der Waals surface area contributed by atoms with Gasteiger partial charge in [-0.25, -0.2) is 0 Å². The van der Waals surface area contributed by atoms with Crippen LogP contribution < -0.4 is 25.9 Å². The lowest BCUT2D eigenvalue weighted by atomic mass is 10.3. The van der Waals surface area contributed by atoms with Gasteiger partial charge in [0.1, 0.15) is 17.3 Å². The van der Waals surface area contributed by atoms with Gasteiger partial charge < -0.3 is 18.5 Å². The van der Waals surface area contributed by atoms with Gasteiger partial charge >= 0.3 is 5.91 Å². The molecule has 0 aliphatic heterocycles. The van der Waals surface area contributed by atoms with E-state index < -0.39 is 17.9 Å². The molecule has 9 nitrogen and oxygen atoms in total. The number of hydrogen-bond donors (Lipinski definition) is 2. The Kier molecular flexibility index (Phi) is 7.10. The van der Waals surface area contributed by atoms with E-state index in [0.717, 1.165) is 0 Å². The molecular weight excluding hydrogens is 402 g/mol. The van der Waals surface area contributed by atoms with Gasteiger partial charge in [-0.2, -0.15) is 0 Å². The summed E-state index contributed by atoms with van der Waals surface area (Å²) >= 11 is 0. The Hall–Kier alpha value is -4.01. The van der Waals surface area contributed by atoms with Crippen molar-refractivity contribution in [1.29, 1.82) is 0 Å². The third-order valence-electron chi connectivity index (χ3n) is 4.23. The summed E-state index contributed by atoms with van der Waals surface area (Å²) < 4.78 is 17.8. The van der Waals surface area contributed by atoms with Crippen molar-refractivity contribution >= 4 is 11.8 Å². The molecule has 0 aliphatic rings. The van der Waals surface area contributed by atoms with Gasteiger partial charge in [0.25, 0.3) is 11.5 Å². The Bertz CT molecular complexity index is 1090. The van der Waals surface area contributed by atoms with Crippen LogP contribution in [0.2, 0.25) is 0 Å². The van der Waals surface area contributed by atoms with E-state index in [2.05, 4.69) is 10.9 Å². The van der Waals surface area contributed by atoms with Crippen LogP contribution in [0.3, 0.4) is 0 Å². The van der Waals surface area contributed by atoms with E-state index in [1.807, 2.05) is 6.92 Å². The first-order valence-corrected chi connectivity index (χ1v) is 9.70. The van der Waals surface area contributed by atoms with Crippen molar-refractivity contribution in [2.24, 2.45) is 0 Å². The van der Waals surface area contributed by atoms with Crippen molar-refractivity contribution in [3.63, 3.8) is 0 Å². The summed E-state index contributed by atoms with van der Waals surface area (Å²) in [5.41, 5.74) is 4.39. The van der Waals surface area contributed by atoms with E-state index in [9.17, 15) is 14.4 Å². The van der Waals surface area contributed by atoms with E-state index in [4.69, 9.17) is 13.9 Å². The monoisotopic (exact) mass is 425 g/mol. The number of nitrogens with one attached hydrogen (secondary N) is 2. The number of carbonyl (C=O) groups is 2. The number of pyridine rings is 1. The Labute approximate surface area is 178 Å². The van der Waals surface area contributed by atoms with Crippen LogP contribution in [0.4, 0.5) is 0 Å². The van der Waals surface area contributed by atoms with Crippen molar-refractivity contribution in [2.45, 2.75) is 26.5 Å². The minimum Gasteiger partial charge on any atom is -0.494 e. The molecule has 0 saturated carbocycles. The molecule has 9 heteroatoms. The Morgan fingerprint density at radius 2 is 1.77 bits per heavy atom. The topological polar surface area (TPSA) is 112 Å². The third kappa shape index (κ3) is 5.99. The number of hydrazine groups is 1. The molecule has 0 aliphatic carbocycles. The summed E-state index contributed by atoms with van der Waals surface area (Å²) in [6, 6.07) is 14.7. The highest BCUT2D eigenvalue weighted by Gasteiger charge is 2.17. The first-order valence-electron chi connectivity index (χ1n) is 9.70. The molecule has 0 bridgehead atoms. The van der Waals surface area contributed by atoms with Gasteiger partial charge in [-0.15, -0.1) is 0 Å². The zero-order chi connectivity index (χ0) is 22.2. The van der Waals surface area contributed by atoms with Crippen LogP contribution in [-0.2, 0) is 11.3 Å². The number of nitrogens with zero attached hydrogens (tertiary/aromatic N) is 1. The van der Waals surface area contributed by atoms with E-state index in [1.54, 1.807) is 55.6 Å². The van der Waals surface area contributed by atoms with Gasteiger partial charge in [0, 0.05) is 12.3 Å². The summed E-state index contributed by atoms with van der Waals surface area (Å²) in [5, 5.41) is 0. The van der Waals surface area contributed by atoms with Crippen LogP contribution in [0.1, 0.15) is 30.2 Å². The second kappa shape index (κ2) is 10.1. The van der Waals surface area contributed by atoms with Crippen molar-refractivity contribution in [2.75, 3.05) is 6.61 Å². The van der Waals surface area contributed by atoms with Crippen LogP contribution in [0, 0.1) is 0 Å². The van der Waals surface area contributed by atoms with Crippen molar-refractivity contribution in [3.8, 4) is 11.5 Å². The Morgan fingerprint density at radius 3 is 2.48 bits per heavy atom. The molecule has 3 rings (SSSR count). The number of amides is 2. The first-order chi connectivity index (χ1) is 15.0. The number of ether oxygens (including phenoxy) is 2. The first kappa shape index (κ1) is 21.7. The smallest absolute Gasteiger partial charge is 0.305 e. The predicted molar refractivity (Wildman–Crippen MR) is 112 cm³/mol. The molecule has 0 fully saturated rings. The SMILES string of the molecule is CCOc1ccc(O[C@H](C)C(=O)NNC(=O)c2ccc(Cn3ccccc3=O)o2)cc1. The fourth-order valence-corrected chi connectivity index (χ4v) is 2.66. The van der Waals surface area contributed by atoms with E-state index >= 15 is 0 Å². The van der Waals surface area contributed by atoms with E-state index in [0.29, 0.717) is 23.9 Å². The van der Waals surface area contributed by atoms with Crippen LogP contribution in [-0.4, -0.2) is 29.1 Å². The fourth-order valence-electron chi connectivity index (χ4n) is 2.66. The van der Waals surface area contributed by atoms with E-state index in [1.165, 1.54) is 16.7 Å². The third-order valence-corrected chi connectivity index (χ3v) is 4.23. The van der Waals surface area contributed by atoms with Crippen LogP contribution in [0.25, 0.3) is 0 Å². The van der Waals surface area contributed by atoms with Crippen LogP contribution >= 0.6 is 0 Å². The summed E-state index contributed by atoms with van der Waals surface area (Å²) in [6.07, 6.45) is 0.770. The lowest BCUT2D eigenvalue weighted by molar-refractivity contribution is -0.128. The summed E-state index contributed by atoms with van der Waals surface area (Å²) in [7, 11) is 0. The standard InChI is InChI=1S/C22H23N3O6/c1-3-29-16-7-9-17(10-8-16)30-15(2)21(27)23-24-22(28)19-12-11-18(31-19)14-25-13-5-4-6-20(25)26/h4-13,15H,3,14H2,1-2H3,(H,23,27)(H,24,28)/t15-/m1/s1. The molecule has 2 aromatic heterocycles. The van der Waals surface area contributed by atoms with Gasteiger partial charge in [0.05, 0.1) is 13.2 Å². The molecular formula is C22H23N3O6. The number of furan rings is 1. The van der Waals surface area contributed by atoms with Gasteiger partial charge in [0.2, 0.25) is 0 Å². The normalized spacial score (nSPS) is 11.4. The lowest BCUT2D eigenvalue weighted by Gasteiger charge is -2.15. The minimum atomic E-state index is -0.852. The number of benzene rings is 1. The molecule has 1 atom stereocenters. The maximum atomic E-state index is 12.2. The molecule has 31 heavy (non-hydrogen) atoms. The van der Waals surface area contributed by atoms with Gasteiger partial charge in [0.15, 0.2) is 11.9 Å². The predicted octanol–water partition coefficient (Wildman–Crippen LogP) is 2.12. The summed E-state index contributed by atoms with van der Waals surface area (Å²) in [4.78, 5) is 36.2. The highest BCUT2D eigenvalue weighted by Crippen LogP contribution is 2.18. The van der Waals surface area contributed by atoms with Crippen LogP contribution in [0.15, 0.2) is 70.0 Å². The molecule has 2 heterocycles. The Balaban J connectivity index is 1.49. The number of hydrogen-bond acceptors (Lipinski definition) is 6. The molecule has 0 saturated heterocycles. The molecule has 0 unspecified atom stereocenters. The number of carbonyl (C=O) groups excluding carboxylic acids is 2. The molecule has 2 amide bonds. The second-order valence-electron chi connectivity index (χ2n) is 6.54. The number of rotatable bonds is 8. The lowest BCUT2D eigenvalue weighted by Crippen LogP contribution is -2.47. The molecule has 3 aromatic rings. The van der Waals surface area contributed by atoms with Crippen molar-refractivity contribution in [3.05, 3.63) is 82.7 Å². The molecule has 0 spiro atoms. The van der Waals surface area contributed by atoms with E-state index in [-0.39, 0.29) is 17.9 Å². The second-order valence-corrected chi connectivity index (χ2v) is 6.54. The molecule has 162 valence electrons. The van der Waals surface area contributed by atoms with Gasteiger partial charge in [-0.1, -0.05) is 6.07 Å². The minimum absolute atomic E-state index is 0.000588. The van der Waals surface area contributed by atoms with Gasteiger partial charge in [-0.3, -0.25) is 25.2 Å². The summed E-state index contributed by atoms with van der Waals surface area (Å²) in [5.74, 6) is 0.452. The maximum absolute atomic E-state index is 12.2. The zero-order valence-corrected chi connectivity index (χ0v) is 17.2. The summed E-state index contributed by atoms with van der Waals surface area (Å²) in [6.45, 7) is 4.19. The van der Waals surface area contributed by atoms with Crippen LogP contribution in [0.5, 0.6) is 11.5 Å². The Morgan fingerprint density at radius 1 is 1.03 bits per heavy atom. The molecule has 1 aromatic carbocycles. The fraction of sp³-hybridized carbons (Fsp3) is 0.227. The highest BCUT2D eigenvalue weighted by molar-refractivity contribution is 5.93. The highest BCUT2D eigenvalue weighted by atomic mass is 16.5. The zero-order valence-electron chi connectivity index (χ0n) is 17.2. The number of aromatic nitrogens is 1. The van der Waals surface area contributed by atoms with Crippen molar-refractivity contribution < 1.29 is 23.5 Å².